The van der Waals surface area contributed by atoms with Crippen LogP contribution in [0.15, 0.2) is 57.9 Å². The maximum Gasteiger partial charge on any atom is 0.259 e. The van der Waals surface area contributed by atoms with E-state index in [0.717, 1.165) is 27.5 Å². The van der Waals surface area contributed by atoms with Crippen molar-refractivity contribution in [3.05, 3.63) is 75.0 Å². The van der Waals surface area contributed by atoms with E-state index in [-0.39, 0.29) is 5.56 Å². The average Bonchev–Trinajstić information content (AvgIpc) is 3.38. The summed E-state index contributed by atoms with van der Waals surface area (Å²) < 4.78 is 14.9. The first-order chi connectivity index (χ1) is 15.9. The van der Waals surface area contributed by atoms with Gasteiger partial charge in [0.2, 0.25) is 5.89 Å². The van der Waals surface area contributed by atoms with Gasteiger partial charge >= 0.3 is 0 Å². The molecule has 0 unspecified atom stereocenters. The molecule has 0 aliphatic carbocycles. The minimum atomic E-state index is -0.131. The third-order valence-electron chi connectivity index (χ3n) is 5.84. The van der Waals surface area contributed by atoms with Crippen LogP contribution in [-0.2, 0) is 25.4 Å². The molecule has 0 aliphatic rings. The molecule has 0 N–H and O–H groups in total. The van der Waals surface area contributed by atoms with Crippen LogP contribution >= 0.6 is 23.2 Å². The molecule has 168 valence electrons. The lowest BCUT2D eigenvalue weighted by Crippen LogP contribution is -2.20. The topological polar surface area (TPSA) is 62.2 Å². The van der Waals surface area contributed by atoms with Gasteiger partial charge in [0.1, 0.15) is 12.3 Å². The number of hydrogen-bond donors (Lipinski definition) is 0. The van der Waals surface area contributed by atoms with Crippen LogP contribution in [0.5, 0.6) is 0 Å². The van der Waals surface area contributed by atoms with Gasteiger partial charge in [-0.2, -0.15) is 0 Å². The van der Waals surface area contributed by atoms with Gasteiger partial charge < -0.3 is 13.7 Å². The van der Waals surface area contributed by atoms with E-state index >= 15 is 0 Å². The summed E-state index contributed by atoms with van der Waals surface area (Å²) in [6.45, 7) is 2.86. The molecule has 2 aromatic carbocycles. The SMILES string of the molecule is CCOCc1ncc(-c2ccc3c(c2)c2cc(-c4ccc(Cl)cc4Cl)c(=O)n(C)c2n3C)o1. The van der Waals surface area contributed by atoms with Crippen LogP contribution in [0.25, 0.3) is 44.4 Å². The van der Waals surface area contributed by atoms with Crippen LogP contribution in [0.3, 0.4) is 0 Å². The van der Waals surface area contributed by atoms with E-state index in [4.69, 9.17) is 32.4 Å². The summed E-state index contributed by atoms with van der Waals surface area (Å²) in [7, 11) is 3.72. The van der Waals surface area contributed by atoms with Crippen molar-refractivity contribution < 1.29 is 9.15 Å². The molecule has 0 aliphatic heterocycles. The maximum atomic E-state index is 13.2. The standard InChI is InChI=1S/C25H21Cl2N3O3/c1-4-32-13-23-28-12-22(33-23)14-5-8-21-17(9-14)18-11-19(16-7-6-15(26)10-20(16)27)25(31)30(3)24(18)29(21)2/h5-12H,4,13H2,1-3H3. The summed E-state index contributed by atoms with van der Waals surface area (Å²) in [5.74, 6) is 1.20. The highest BCUT2D eigenvalue weighted by atomic mass is 35.5. The Hall–Kier alpha value is -3.06. The summed E-state index contributed by atoms with van der Waals surface area (Å²) in [6, 6.07) is 13.1. The number of hydrogen-bond acceptors (Lipinski definition) is 4. The molecule has 0 fully saturated rings. The fraction of sp³-hybridized carbons (Fsp3) is 0.200. The fourth-order valence-electron chi connectivity index (χ4n) is 4.24. The normalized spacial score (nSPS) is 11.7. The van der Waals surface area contributed by atoms with E-state index in [9.17, 15) is 4.79 Å². The van der Waals surface area contributed by atoms with Crippen LogP contribution in [0.2, 0.25) is 10.0 Å². The fourth-order valence-corrected chi connectivity index (χ4v) is 4.75. The molecule has 3 heterocycles. The number of benzene rings is 2. The zero-order valence-corrected chi connectivity index (χ0v) is 19.9. The van der Waals surface area contributed by atoms with Crippen molar-refractivity contribution in [2.45, 2.75) is 13.5 Å². The van der Waals surface area contributed by atoms with Crippen LogP contribution in [-0.4, -0.2) is 20.7 Å². The first-order valence-electron chi connectivity index (χ1n) is 10.5. The van der Waals surface area contributed by atoms with Gasteiger partial charge in [-0.1, -0.05) is 29.3 Å². The van der Waals surface area contributed by atoms with E-state index in [1.165, 1.54) is 0 Å². The Kier molecular flexibility index (Phi) is 5.52. The lowest BCUT2D eigenvalue weighted by atomic mass is 10.0. The molecule has 0 atom stereocenters. The van der Waals surface area contributed by atoms with E-state index in [1.54, 1.807) is 36.0 Å². The van der Waals surface area contributed by atoms with Crippen LogP contribution in [0, 0.1) is 0 Å². The molecule has 8 heteroatoms. The predicted octanol–water partition coefficient (Wildman–Crippen LogP) is 6.20. The number of rotatable bonds is 5. The molecule has 0 spiro atoms. The summed E-state index contributed by atoms with van der Waals surface area (Å²) in [5.41, 5.74) is 3.74. The summed E-state index contributed by atoms with van der Waals surface area (Å²) >= 11 is 12.5. The molecule has 33 heavy (non-hydrogen) atoms. The highest BCUT2D eigenvalue weighted by Gasteiger charge is 2.18. The van der Waals surface area contributed by atoms with Crippen molar-refractivity contribution in [3.8, 4) is 22.5 Å². The van der Waals surface area contributed by atoms with Crippen LogP contribution in [0.4, 0.5) is 0 Å². The highest BCUT2D eigenvalue weighted by Crippen LogP contribution is 2.35. The molecule has 0 saturated carbocycles. The van der Waals surface area contributed by atoms with Crippen LogP contribution in [0.1, 0.15) is 12.8 Å². The molecule has 0 bridgehead atoms. The average molecular weight is 482 g/mol. The Bertz CT molecular complexity index is 1580. The quantitative estimate of drug-likeness (QED) is 0.300. The van der Waals surface area contributed by atoms with E-state index in [0.29, 0.717) is 46.0 Å². The van der Waals surface area contributed by atoms with Crippen molar-refractivity contribution in [3.63, 3.8) is 0 Å². The van der Waals surface area contributed by atoms with Gasteiger partial charge in [-0.25, -0.2) is 4.98 Å². The molecule has 0 radical (unpaired) electrons. The second-order valence-electron chi connectivity index (χ2n) is 7.83. The van der Waals surface area contributed by atoms with Gasteiger partial charge in [-0.3, -0.25) is 9.36 Å². The minimum absolute atomic E-state index is 0.131. The number of nitrogens with zero attached hydrogens (tertiary/aromatic N) is 3. The van der Waals surface area contributed by atoms with Gasteiger partial charge in [-0.15, -0.1) is 0 Å². The molecular formula is C25H21Cl2N3O3. The third kappa shape index (κ3) is 3.64. The van der Waals surface area contributed by atoms with Crippen molar-refractivity contribution in [1.29, 1.82) is 0 Å². The highest BCUT2D eigenvalue weighted by molar-refractivity contribution is 6.36. The molecular weight excluding hydrogens is 461 g/mol. The second-order valence-corrected chi connectivity index (χ2v) is 8.67. The maximum absolute atomic E-state index is 13.2. The van der Waals surface area contributed by atoms with Crippen LogP contribution < -0.4 is 5.56 Å². The number of aromatic nitrogens is 3. The predicted molar refractivity (Wildman–Crippen MR) is 132 cm³/mol. The molecule has 0 saturated heterocycles. The van der Waals surface area contributed by atoms with Crippen molar-refractivity contribution in [1.82, 2.24) is 14.1 Å². The number of oxazole rings is 1. The zero-order valence-electron chi connectivity index (χ0n) is 18.4. The van der Waals surface area contributed by atoms with Gasteiger partial charge in [0.05, 0.1) is 16.7 Å². The summed E-state index contributed by atoms with van der Waals surface area (Å²) in [4.78, 5) is 17.6. The summed E-state index contributed by atoms with van der Waals surface area (Å²) in [5, 5.41) is 2.89. The first kappa shape index (κ1) is 21.8. The monoisotopic (exact) mass is 481 g/mol. The van der Waals surface area contributed by atoms with E-state index in [2.05, 4.69) is 11.1 Å². The largest absolute Gasteiger partial charge is 0.438 e. The molecule has 5 rings (SSSR count). The number of aryl methyl sites for hydroxylation is 2. The van der Waals surface area contributed by atoms with Gasteiger partial charge in [0, 0.05) is 53.2 Å². The Labute approximate surface area is 199 Å². The second kappa shape index (κ2) is 8.37. The number of fused-ring (bicyclic) bond motifs is 3. The van der Waals surface area contributed by atoms with Gasteiger partial charge in [0.25, 0.3) is 5.56 Å². The van der Waals surface area contributed by atoms with Crippen molar-refractivity contribution >= 4 is 45.1 Å². The molecule has 3 aromatic heterocycles. The lowest BCUT2D eigenvalue weighted by Gasteiger charge is -2.09. The smallest absolute Gasteiger partial charge is 0.259 e. The summed E-state index contributed by atoms with van der Waals surface area (Å²) in [6.07, 6.45) is 1.70. The third-order valence-corrected chi connectivity index (χ3v) is 6.38. The Morgan fingerprint density at radius 1 is 1.00 bits per heavy atom. The first-order valence-corrected chi connectivity index (χ1v) is 11.2. The lowest BCUT2D eigenvalue weighted by molar-refractivity contribution is 0.115. The zero-order chi connectivity index (χ0) is 23.3. The number of halogens is 2. The van der Waals surface area contributed by atoms with Crippen molar-refractivity contribution in [2.75, 3.05) is 6.61 Å². The molecule has 5 aromatic rings. The van der Waals surface area contributed by atoms with Crippen molar-refractivity contribution in [2.24, 2.45) is 14.1 Å². The Morgan fingerprint density at radius 3 is 2.58 bits per heavy atom. The van der Waals surface area contributed by atoms with Gasteiger partial charge in [-0.05, 0) is 43.3 Å². The number of pyridine rings is 1. The Balaban J connectivity index is 1.73. The van der Waals surface area contributed by atoms with Gasteiger partial charge in [0.15, 0.2) is 5.76 Å². The van der Waals surface area contributed by atoms with E-state index in [1.807, 2.05) is 36.7 Å². The minimum Gasteiger partial charge on any atom is -0.438 e. The Morgan fingerprint density at radius 2 is 1.82 bits per heavy atom. The van der Waals surface area contributed by atoms with E-state index < -0.39 is 0 Å². The molecule has 6 nitrogen and oxygen atoms in total. The number of ether oxygens (including phenoxy) is 1. The molecule has 0 amide bonds.